The number of nitrogens with zero attached hydrogens (tertiary/aromatic N) is 3. The molecule has 0 saturated carbocycles. The van der Waals surface area contributed by atoms with Gasteiger partial charge in [0.2, 0.25) is 15.9 Å². The van der Waals surface area contributed by atoms with Crippen LogP contribution >= 0.6 is 0 Å². The highest BCUT2D eigenvalue weighted by Gasteiger charge is 2.26. The lowest BCUT2D eigenvalue weighted by atomic mass is 10.3. The van der Waals surface area contributed by atoms with E-state index in [0.717, 1.165) is 39.1 Å². The van der Waals surface area contributed by atoms with Gasteiger partial charge < -0.3 is 4.90 Å². The van der Waals surface area contributed by atoms with Crippen LogP contribution in [0.25, 0.3) is 0 Å². The number of hydrogen-bond donors (Lipinski definition) is 0. The fraction of sp³-hybridized carbons (Fsp3) is 0.917. The van der Waals surface area contributed by atoms with Crippen LogP contribution in [0.15, 0.2) is 0 Å². The van der Waals surface area contributed by atoms with Gasteiger partial charge in [-0.25, -0.2) is 8.42 Å². The zero-order valence-corrected chi connectivity index (χ0v) is 12.4. The molecule has 2 heterocycles. The van der Waals surface area contributed by atoms with E-state index in [1.165, 1.54) is 0 Å². The summed E-state index contributed by atoms with van der Waals surface area (Å²) < 4.78 is 25.0. The van der Waals surface area contributed by atoms with E-state index in [2.05, 4.69) is 4.90 Å². The molecule has 0 spiro atoms. The zero-order chi connectivity index (χ0) is 13.9. The zero-order valence-electron chi connectivity index (χ0n) is 11.5. The van der Waals surface area contributed by atoms with Crippen LogP contribution < -0.4 is 0 Å². The van der Waals surface area contributed by atoms with Crippen molar-refractivity contribution in [1.82, 2.24) is 14.1 Å². The highest BCUT2D eigenvalue weighted by atomic mass is 32.2. The molecule has 0 unspecified atom stereocenters. The molecule has 2 rings (SSSR count). The average molecular weight is 289 g/mol. The maximum atomic E-state index is 11.7. The van der Waals surface area contributed by atoms with E-state index < -0.39 is 10.0 Å². The number of amides is 1. The van der Waals surface area contributed by atoms with Gasteiger partial charge in [0.25, 0.3) is 0 Å². The topological polar surface area (TPSA) is 60.9 Å². The van der Waals surface area contributed by atoms with E-state index >= 15 is 0 Å². The minimum atomic E-state index is -3.04. The van der Waals surface area contributed by atoms with Gasteiger partial charge in [-0.1, -0.05) is 0 Å². The van der Waals surface area contributed by atoms with Gasteiger partial charge >= 0.3 is 0 Å². The predicted molar refractivity (Wildman–Crippen MR) is 73.3 cm³/mol. The quantitative estimate of drug-likeness (QED) is 0.689. The van der Waals surface area contributed by atoms with Gasteiger partial charge in [0.15, 0.2) is 0 Å². The predicted octanol–water partition coefficient (Wildman–Crippen LogP) is -0.424. The molecule has 2 fully saturated rings. The second-order valence-electron chi connectivity index (χ2n) is 5.13. The van der Waals surface area contributed by atoms with Crippen LogP contribution in [0, 0.1) is 0 Å². The Hall–Kier alpha value is -0.660. The summed E-state index contributed by atoms with van der Waals surface area (Å²) in [6.45, 7) is 6.87. The van der Waals surface area contributed by atoms with Crippen LogP contribution in [0.2, 0.25) is 0 Å². The molecule has 7 heteroatoms. The molecule has 0 bridgehead atoms. The lowest BCUT2D eigenvalue weighted by Gasteiger charge is -2.34. The van der Waals surface area contributed by atoms with Crippen LogP contribution in [0.4, 0.5) is 0 Å². The van der Waals surface area contributed by atoms with Crippen molar-refractivity contribution in [2.45, 2.75) is 19.8 Å². The SMILES string of the molecule is CCS(=O)(=O)N1CCN(CCN2CCCC2=O)CC1. The molecule has 2 saturated heterocycles. The second kappa shape index (κ2) is 6.19. The van der Waals surface area contributed by atoms with E-state index in [4.69, 9.17) is 0 Å². The summed E-state index contributed by atoms with van der Waals surface area (Å²) in [6, 6.07) is 0. The Morgan fingerprint density at radius 1 is 1.05 bits per heavy atom. The van der Waals surface area contributed by atoms with E-state index in [1.807, 2.05) is 4.90 Å². The summed E-state index contributed by atoms with van der Waals surface area (Å²) in [5.41, 5.74) is 0. The number of carbonyl (C=O) groups is 1. The molecule has 0 aromatic rings. The first-order chi connectivity index (χ1) is 9.03. The Bertz CT molecular complexity index is 416. The molecule has 0 aliphatic carbocycles. The molecule has 0 aromatic carbocycles. The van der Waals surface area contributed by atoms with Gasteiger partial charge in [0.05, 0.1) is 5.75 Å². The normalized spacial score (nSPS) is 23.2. The maximum Gasteiger partial charge on any atom is 0.222 e. The summed E-state index contributed by atoms with van der Waals surface area (Å²) in [5, 5.41) is 0. The van der Waals surface area contributed by atoms with Crippen LogP contribution in [0.1, 0.15) is 19.8 Å². The summed E-state index contributed by atoms with van der Waals surface area (Å²) in [4.78, 5) is 15.6. The molecular formula is C12H23N3O3S. The van der Waals surface area contributed by atoms with E-state index in [1.54, 1.807) is 11.2 Å². The van der Waals surface area contributed by atoms with Gasteiger partial charge in [-0.15, -0.1) is 0 Å². The second-order valence-corrected chi connectivity index (χ2v) is 7.38. The van der Waals surface area contributed by atoms with Gasteiger partial charge in [0.1, 0.15) is 0 Å². The number of hydrogen-bond acceptors (Lipinski definition) is 4. The van der Waals surface area contributed by atoms with E-state index in [-0.39, 0.29) is 11.7 Å². The number of piperazine rings is 1. The number of carbonyl (C=O) groups excluding carboxylic acids is 1. The molecular weight excluding hydrogens is 266 g/mol. The highest BCUT2D eigenvalue weighted by Crippen LogP contribution is 2.11. The van der Waals surface area contributed by atoms with Crippen LogP contribution in [-0.2, 0) is 14.8 Å². The highest BCUT2D eigenvalue weighted by molar-refractivity contribution is 7.89. The smallest absolute Gasteiger partial charge is 0.222 e. The molecule has 6 nitrogen and oxygen atoms in total. The van der Waals surface area contributed by atoms with Crippen molar-refractivity contribution in [2.24, 2.45) is 0 Å². The van der Waals surface area contributed by atoms with Gasteiger partial charge in [-0.2, -0.15) is 4.31 Å². The van der Waals surface area contributed by atoms with Gasteiger partial charge in [-0.05, 0) is 13.3 Å². The lowest BCUT2D eigenvalue weighted by Crippen LogP contribution is -2.50. The molecule has 19 heavy (non-hydrogen) atoms. The van der Waals surface area contributed by atoms with Crippen molar-refractivity contribution in [2.75, 3.05) is 51.6 Å². The minimum Gasteiger partial charge on any atom is -0.341 e. The molecule has 0 radical (unpaired) electrons. The van der Waals surface area contributed by atoms with E-state index in [9.17, 15) is 13.2 Å². The average Bonchev–Trinajstić information content (AvgIpc) is 2.82. The molecule has 0 aromatic heterocycles. The summed E-state index contributed by atoms with van der Waals surface area (Å²) in [7, 11) is -3.04. The van der Waals surface area contributed by atoms with E-state index in [0.29, 0.717) is 19.5 Å². The third-order valence-corrected chi connectivity index (χ3v) is 5.83. The van der Waals surface area contributed by atoms with Gasteiger partial charge in [0, 0.05) is 52.2 Å². The fourth-order valence-corrected chi connectivity index (χ4v) is 3.70. The third-order valence-electron chi connectivity index (χ3n) is 3.95. The largest absolute Gasteiger partial charge is 0.341 e. The molecule has 2 aliphatic heterocycles. The monoisotopic (exact) mass is 289 g/mol. The molecule has 0 N–H and O–H groups in total. The molecule has 1 amide bonds. The van der Waals surface area contributed by atoms with Crippen molar-refractivity contribution in [1.29, 1.82) is 0 Å². The molecule has 110 valence electrons. The first-order valence-corrected chi connectivity index (χ1v) is 8.62. The lowest BCUT2D eigenvalue weighted by molar-refractivity contribution is -0.127. The summed E-state index contributed by atoms with van der Waals surface area (Å²) >= 11 is 0. The van der Waals surface area contributed by atoms with Crippen molar-refractivity contribution in [3.8, 4) is 0 Å². The number of sulfonamides is 1. The Kier molecular flexibility index (Phi) is 4.81. The Labute approximate surface area is 115 Å². The van der Waals surface area contributed by atoms with Crippen molar-refractivity contribution >= 4 is 15.9 Å². The Morgan fingerprint density at radius 2 is 1.74 bits per heavy atom. The Balaban J connectivity index is 1.73. The summed E-state index contributed by atoms with van der Waals surface area (Å²) in [6.07, 6.45) is 1.66. The van der Waals surface area contributed by atoms with Crippen molar-refractivity contribution in [3.05, 3.63) is 0 Å². The fourth-order valence-electron chi connectivity index (χ4n) is 2.62. The Morgan fingerprint density at radius 3 is 2.26 bits per heavy atom. The minimum absolute atomic E-state index is 0.176. The first-order valence-electron chi connectivity index (χ1n) is 7.01. The third kappa shape index (κ3) is 3.67. The number of rotatable bonds is 5. The molecule has 2 aliphatic rings. The van der Waals surface area contributed by atoms with Crippen molar-refractivity contribution < 1.29 is 13.2 Å². The van der Waals surface area contributed by atoms with Crippen LogP contribution in [0.5, 0.6) is 0 Å². The maximum absolute atomic E-state index is 11.7. The van der Waals surface area contributed by atoms with Crippen molar-refractivity contribution in [3.63, 3.8) is 0 Å². The first kappa shape index (κ1) is 14.7. The number of likely N-dealkylation sites (tertiary alicyclic amines) is 1. The standard InChI is InChI=1S/C12H23N3O3S/c1-2-19(17,18)15-10-7-13(8-11-15)6-9-14-5-3-4-12(14)16/h2-11H2,1H3. The van der Waals surface area contributed by atoms with Crippen LogP contribution in [-0.4, -0.2) is 80.0 Å². The molecule has 0 atom stereocenters. The summed E-state index contributed by atoms with van der Waals surface area (Å²) in [5.74, 6) is 0.433. The van der Waals surface area contributed by atoms with Crippen LogP contribution in [0.3, 0.4) is 0 Å². The van der Waals surface area contributed by atoms with Gasteiger partial charge in [-0.3, -0.25) is 9.69 Å².